The molecule has 0 saturated carbocycles. The summed E-state index contributed by atoms with van der Waals surface area (Å²) in [5.74, 6) is 0.983. The number of esters is 1. The van der Waals surface area contributed by atoms with Gasteiger partial charge in [0, 0.05) is 0 Å². The molecule has 0 aromatic heterocycles. The number of rotatable bonds is 6. The normalized spacial score (nSPS) is 18.1. The van der Waals surface area contributed by atoms with Crippen LogP contribution >= 0.6 is 0 Å². The minimum absolute atomic E-state index is 0.0410. The number of hydrogen-bond acceptors (Lipinski definition) is 6. The molecule has 0 bridgehead atoms. The van der Waals surface area contributed by atoms with E-state index in [0.29, 0.717) is 22.8 Å². The second-order valence-electron chi connectivity index (χ2n) is 5.88. The summed E-state index contributed by atoms with van der Waals surface area (Å²) in [6, 6.07) is 14.1. The molecule has 1 aliphatic rings. The summed E-state index contributed by atoms with van der Waals surface area (Å²) >= 11 is 0. The zero-order valence-electron chi connectivity index (χ0n) is 14.6. The van der Waals surface area contributed by atoms with Gasteiger partial charge in [-0.25, -0.2) is 4.79 Å². The zero-order valence-corrected chi connectivity index (χ0v) is 14.6. The smallest absolute Gasteiger partial charge is 0.351 e. The third-order valence-electron chi connectivity index (χ3n) is 3.93. The molecule has 2 aromatic rings. The average Bonchev–Trinajstić information content (AvgIpc) is 2.64. The number of ether oxygens (including phenoxy) is 4. The lowest BCUT2D eigenvalue weighted by molar-refractivity contribution is -0.158. The molecular weight excluding hydrogens is 336 g/mol. The Morgan fingerprint density at radius 1 is 0.962 bits per heavy atom. The van der Waals surface area contributed by atoms with Gasteiger partial charge in [-0.2, -0.15) is 0 Å². The topological polar surface area (TPSA) is 71.1 Å². The Labute approximate surface area is 151 Å². The van der Waals surface area contributed by atoms with Crippen molar-refractivity contribution < 1.29 is 28.5 Å². The van der Waals surface area contributed by atoms with E-state index >= 15 is 0 Å². The number of benzene rings is 2. The van der Waals surface area contributed by atoms with E-state index in [1.54, 1.807) is 49.4 Å². The standard InChI is InChI=1S/C20H20O6/c1-13(21)15-7-3-4-8-16(15)23-11-12-24-20(22)19-14(2)25-17-9-5-6-10-18(17)26-19/h3-10,14,19H,11-12H2,1-2H3/t14-,19-/m1/s1. The molecule has 136 valence electrons. The highest BCUT2D eigenvalue weighted by molar-refractivity contribution is 5.96. The summed E-state index contributed by atoms with van der Waals surface area (Å²) in [5, 5.41) is 0. The second kappa shape index (κ2) is 7.91. The van der Waals surface area contributed by atoms with Crippen LogP contribution in [0.4, 0.5) is 0 Å². The first-order chi connectivity index (χ1) is 12.6. The van der Waals surface area contributed by atoms with Crippen molar-refractivity contribution in [3.05, 3.63) is 54.1 Å². The molecule has 2 atom stereocenters. The first-order valence-electron chi connectivity index (χ1n) is 8.38. The van der Waals surface area contributed by atoms with Crippen molar-refractivity contribution >= 4 is 11.8 Å². The summed E-state index contributed by atoms with van der Waals surface area (Å²) in [7, 11) is 0. The Hall–Kier alpha value is -3.02. The maximum absolute atomic E-state index is 12.3. The lowest BCUT2D eigenvalue weighted by atomic mass is 10.1. The summed E-state index contributed by atoms with van der Waals surface area (Å²) in [6.07, 6.45) is -1.30. The molecule has 0 amide bonds. The van der Waals surface area contributed by atoms with Gasteiger partial charge in [0.15, 0.2) is 17.3 Å². The van der Waals surface area contributed by atoms with Crippen molar-refractivity contribution in [3.8, 4) is 17.2 Å². The van der Waals surface area contributed by atoms with Crippen LogP contribution in [0, 0.1) is 0 Å². The van der Waals surface area contributed by atoms with Gasteiger partial charge in [0.2, 0.25) is 6.10 Å². The van der Waals surface area contributed by atoms with Gasteiger partial charge in [-0.05, 0) is 38.1 Å². The summed E-state index contributed by atoms with van der Waals surface area (Å²) < 4.78 is 22.2. The van der Waals surface area contributed by atoms with Crippen LogP contribution < -0.4 is 14.2 Å². The van der Waals surface area contributed by atoms with Gasteiger partial charge >= 0.3 is 5.97 Å². The van der Waals surface area contributed by atoms with Gasteiger partial charge in [0.05, 0.1) is 5.56 Å². The van der Waals surface area contributed by atoms with Crippen LogP contribution in [0.15, 0.2) is 48.5 Å². The van der Waals surface area contributed by atoms with Gasteiger partial charge in [-0.3, -0.25) is 4.79 Å². The fourth-order valence-electron chi connectivity index (χ4n) is 2.64. The Morgan fingerprint density at radius 3 is 2.35 bits per heavy atom. The van der Waals surface area contributed by atoms with Crippen molar-refractivity contribution in [1.29, 1.82) is 0 Å². The highest BCUT2D eigenvalue weighted by atomic mass is 16.6. The maximum Gasteiger partial charge on any atom is 0.351 e. The fraction of sp³-hybridized carbons (Fsp3) is 0.300. The molecule has 0 saturated heterocycles. The second-order valence-corrected chi connectivity index (χ2v) is 5.88. The number of hydrogen-bond donors (Lipinski definition) is 0. The van der Waals surface area contributed by atoms with Gasteiger partial charge in [0.1, 0.15) is 25.1 Å². The summed E-state index contributed by atoms with van der Waals surface area (Å²) in [6.45, 7) is 3.40. The van der Waals surface area contributed by atoms with Crippen molar-refractivity contribution in [2.45, 2.75) is 26.1 Å². The Morgan fingerprint density at radius 2 is 1.62 bits per heavy atom. The number of Topliss-reactive ketones (excluding diaryl/α,β-unsaturated/α-hetero) is 1. The fourth-order valence-corrected chi connectivity index (χ4v) is 2.64. The zero-order chi connectivity index (χ0) is 18.5. The van der Waals surface area contributed by atoms with Crippen molar-refractivity contribution in [1.82, 2.24) is 0 Å². The van der Waals surface area contributed by atoms with Crippen molar-refractivity contribution in [2.75, 3.05) is 13.2 Å². The molecule has 1 heterocycles. The van der Waals surface area contributed by atoms with E-state index in [1.165, 1.54) is 6.92 Å². The molecule has 3 rings (SSSR count). The minimum Gasteiger partial charge on any atom is -0.489 e. The van der Waals surface area contributed by atoms with Gasteiger partial charge in [-0.1, -0.05) is 24.3 Å². The van der Waals surface area contributed by atoms with Crippen molar-refractivity contribution in [2.24, 2.45) is 0 Å². The lowest BCUT2D eigenvalue weighted by Crippen LogP contribution is -2.44. The Kier molecular flexibility index (Phi) is 5.41. The molecule has 0 N–H and O–H groups in total. The Balaban J connectivity index is 1.51. The van der Waals surface area contributed by atoms with Crippen LogP contribution in [0.25, 0.3) is 0 Å². The van der Waals surface area contributed by atoms with Crippen LogP contribution in [0.2, 0.25) is 0 Å². The number of para-hydroxylation sites is 3. The van der Waals surface area contributed by atoms with Gasteiger partial charge < -0.3 is 18.9 Å². The molecule has 6 nitrogen and oxygen atoms in total. The molecule has 0 spiro atoms. The Bertz CT molecular complexity index is 800. The highest BCUT2D eigenvalue weighted by Gasteiger charge is 2.35. The molecule has 6 heteroatoms. The van der Waals surface area contributed by atoms with E-state index in [2.05, 4.69) is 0 Å². The third-order valence-corrected chi connectivity index (χ3v) is 3.93. The van der Waals surface area contributed by atoms with E-state index in [0.717, 1.165) is 0 Å². The van der Waals surface area contributed by atoms with Crippen LogP contribution in [-0.2, 0) is 9.53 Å². The first-order valence-corrected chi connectivity index (χ1v) is 8.38. The maximum atomic E-state index is 12.3. The van der Waals surface area contributed by atoms with E-state index in [4.69, 9.17) is 18.9 Å². The van der Waals surface area contributed by atoms with Crippen LogP contribution in [-0.4, -0.2) is 37.2 Å². The monoisotopic (exact) mass is 356 g/mol. The predicted molar refractivity (Wildman–Crippen MR) is 93.8 cm³/mol. The molecule has 0 fully saturated rings. The van der Waals surface area contributed by atoms with E-state index in [9.17, 15) is 9.59 Å². The SMILES string of the molecule is CC(=O)c1ccccc1OCCOC(=O)[C@@H]1Oc2ccccc2O[C@@H]1C. The minimum atomic E-state index is -0.839. The van der Waals surface area contributed by atoms with Gasteiger partial charge in [-0.15, -0.1) is 0 Å². The molecule has 1 aliphatic heterocycles. The molecule has 0 aliphatic carbocycles. The van der Waals surface area contributed by atoms with Crippen LogP contribution in [0.5, 0.6) is 17.2 Å². The number of carbonyl (C=O) groups excluding carboxylic acids is 2. The summed E-state index contributed by atoms with van der Waals surface area (Å²) in [4.78, 5) is 23.8. The van der Waals surface area contributed by atoms with E-state index < -0.39 is 18.2 Å². The van der Waals surface area contributed by atoms with Gasteiger partial charge in [0.25, 0.3) is 0 Å². The van der Waals surface area contributed by atoms with E-state index in [1.807, 2.05) is 6.07 Å². The molecule has 0 radical (unpaired) electrons. The summed E-state index contributed by atoms with van der Waals surface area (Å²) in [5.41, 5.74) is 0.494. The number of ketones is 1. The number of carbonyl (C=O) groups is 2. The van der Waals surface area contributed by atoms with Crippen LogP contribution in [0.1, 0.15) is 24.2 Å². The van der Waals surface area contributed by atoms with Crippen LogP contribution in [0.3, 0.4) is 0 Å². The van der Waals surface area contributed by atoms with Crippen molar-refractivity contribution in [3.63, 3.8) is 0 Å². The number of fused-ring (bicyclic) bond motifs is 1. The average molecular weight is 356 g/mol. The molecular formula is C20H20O6. The van der Waals surface area contributed by atoms with E-state index in [-0.39, 0.29) is 19.0 Å². The quantitative estimate of drug-likeness (QED) is 0.450. The molecule has 2 aromatic carbocycles. The predicted octanol–water partition coefficient (Wildman–Crippen LogP) is 3.04. The molecule has 0 unspecified atom stereocenters. The first kappa shape index (κ1) is 17.8. The largest absolute Gasteiger partial charge is 0.489 e. The third kappa shape index (κ3) is 3.96. The molecule has 26 heavy (non-hydrogen) atoms. The highest BCUT2D eigenvalue weighted by Crippen LogP contribution is 2.33. The lowest BCUT2D eigenvalue weighted by Gasteiger charge is -2.30.